The summed E-state index contributed by atoms with van der Waals surface area (Å²) < 4.78 is 34.4. The third kappa shape index (κ3) is 7.99. The molecule has 0 unspecified atom stereocenters. The maximum absolute atomic E-state index is 13.9. The zero-order valence-electron chi connectivity index (χ0n) is 23.4. The molecule has 0 aromatic heterocycles. The SMILES string of the molecule is CCOc1ccc(N(CC(=O)N(Cc2ccc(Cl)cc2)[C@H](C)C(=O)NC(C)C)S(=O)(=O)c2ccc(C)cc2)cc1. The molecule has 8 nitrogen and oxygen atoms in total. The second-order valence-corrected chi connectivity index (χ2v) is 12.0. The largest absolute Gasteiger partial charge is 0.494 e. The summed E-state index contributed by atoms with van der Waals surface area (Å²) in [5.41, 5.74) is 1.95. The predicted molar refractivity (Wildman–Crippen MR) is 158 cm³/mol. The Hall–Kier alpha value is -3.56. The van der Waals surface area contributed by atoms with E-state index in [1.807, 2.05) is 27.7 Å². The first-order chi connectivity index (χ1) is 18.9. The van der Waals surface area contributed by atoms with Gasteiger partial charge in [-0.05, 0) is 88.7 Å². The number of nitrogens with zero attached hydrogens (tertiary/aromatic N) is 2. The van der Waals surface area contributed by atoms with E-state index in [1.54, 1.807) is 67.6 Å². The Labute approximate surface area is 241 Å². The van der Waals surface area contributed by atoms with Crippen LogP contribution in [0.25, 0.3) is 0 Å². The van der Waals surface area contributed by atoms with Gasteiger partial charge in [0.05, 0.1) is 17.2 Å². The number of rotatable bonds is 12. The van der Waals surface area contributed by atoms with Crippen LogP contribution >= 0.6 is 11.6 Å². The Morgan fingerprint density at radius 2 is 1.52 bits per heavy atom. The molecule has 0 aliphatic rings. The van der Waals surface area contributed by atoms with E-state index in [4.69, 9.17) is 16.3 Å². The summed E-state index contributed by atoms with van der Waals surface area (Å²) in [6, 6.07) is 18.9. The van der Waals surface area contributed by atoms with E-state index in [0.29, 0.717) is 23.1 Å². The highest BCUT2D eigenvalue weighted by Gasteiger charge is 2.32. The van der Waals surface area contributed by atoms with Crippen molar-refractivity contribution in [1.82, 2.24) is 10.2 Å². The van der Waals surface area contributed by atoms with Crippen LogP contribution in [0.5, 0.6) is 5.75 Å². The topological polar surface area (TPSA) is 96.0 Å². The minimum atomic E-state index is -4.14. The number of halogens is 1. The third-order valence-corrected chi connectivity index (χ3v) is 8.23. The van der Waals surface area contributed by atoms with Crippen LogP contribution in [-0.2, 0) is 26.2 Å². The van der Waals surface area contributed by atoms with Gasteiger partial charge >= 0.3 is 0 Å². The molecule has 214 valence electrons. The highest BCUT2D eigenvalue weighted by atomic mass is 35.5. The molecule has 0 fully saturated rings. The molecule has 1 atom stereocenters. The van der Waals surface area contributed by atoms with Gasteiger partial charge in [0.2, 0.25) is 11.8 Å². The molecule has 10 heteroatoms. The van der Waals surface area contributed by atoms with E-state index >= 15 is 0 Å². The van der Waals surface area contributed by atoms with E-state index < -0.39 is 28.5 Å². The number of aryl methyl sites for hydroxylation is 1. The van der Waals surface area contributed by atoms with Gasteiger partial charge in [0.15, 0.2) is 0 Å². The average molecular weight is 586 g/mol. The molecule has 0 radical (unpaired) electrons. The van der Waals surface area contributed by atoms with Crippen molar-refractivity contribution < 1.29 is 22.7 Å². The fraction of sp³-hybridized carbons (Fsp3) is 0.333. The summed E-state index contributed by atoms with van der Waals surface area (Å²) >= 11 is 6.04. The van der Waals surface area contributed by atoms with E-state index in [2.05, 4.69) is 5.32 Å². The standard InChI is InChI=1S/C30H36ClN3O5S/c1-6-39-27-15-13-26(14-16-27)34(40(37,38)28-17-7-22(4)8-18-28)20-29(35)33(23(5)30(36)32-21(2)3)19-24-9-11-25(31)12-10-24/h7-18,21,23H,6,19-20H2,1-5H3,(H,32,36)/t23-/m1/s1. The summed E-state index contributed by atoms with van der Waals surface area (Å²) in [6.07, 6.45) is 0. The Morgan fingerprint density at radius 3 is 2.08 bits per heavy atom. The summed E-state index contributed by atoms with van der Waals surface area (Å²) in [4.78, 5) is 28.3. The number of carbonyl (C=O) groups excluding carboxylic acids is 2. The van der Waals surface area contributed by atoms with E-state index in [-0.39, 0.29) is 23.4 Å². The molecule has 3 aromatic rings. The number of hydrogen-bond acceptors (Lipinski definition) is 5. The van der Waals surface area contributed by atoms with Gasteiger partial charge < -0.3 is 15.0 Å². The van der Waals surface area contributed by atoms with Gasteiger partial charge in [-0.3, -0.25) is 13.9 Å². The first kappa shape index (κ1) is 31.0. The van der Waals surface area contributed by atoms with Crippen molar-refractivity contribution in [1.29, 1.82) is 0 Å². The lowest BCUT2D eigenvalue weighted by molar-refractivity contribution is -0.139. The Bertz CT molecular complexity index is 1390. The maximum Gasteiger partial charge on any atom is 0.264 e. The van der Waals surface area contributed by atoms with Gasteiger partial charge in [-0.25, -0.2) is 8.42 Å². The molecule has 0 aliphatic heterocycles. The van der Waals surface area contributed by atoms with Crippen molar-refractivity contribution in [2.24, 2.45) is 0 Å². The second kappa shape index (κ2) is 13.7. The van der Waals surface area contributed by atoms with Crippen molar-refractivity contribution in [3.63, 3.8) is 0 Å². The first-order valence-corrected chi connectivity index (χ1v) is 14.9. The molecule has 2 amide bonds. The quantitative estimate of drug-likeness (QED) is 0.316. The Balaban J connectivity index is 2.02. The number of carbonyl (C=O) groups is 2. The lowest BCUT2D eigenvalue weighted by Crippen LogP contribution is -2.52. The zero-order chi connectivity index (χ0) is 29.4. The normalized spacial score (nSPS) is 12.1. The molecular weight excluding hydrogens is 550 g/mol. The summed E-state index contributed by atoms with van der Waals surface area (Å²) in [7, 11) is -4.14. The number of anilines is 1. The van der Waals surface area contributed by atoms with Crippen molar-refractivity contribution in [2.75, 3.05) is 17.5 Å². The molecule has 1 N–H and O–H groups in total. The van der Waals surface area contributed by atoms with Crippen LogP contribution in [0.15, 0.2) is 77.7 Å². The molecule has 0 bridgehead atoms. The number of amides is 2. The van der Waals surface area contributed by atoms with Crippen LogP contribution in [0.1, 0.15) is 38.8 Å². The average Bonchev–Trinajstić information content (AvgIpc) is 2.91. The molecule has 0 spiro atoms. The van der Waals surface area contributed by atoms with Crippen molar-refractivity contribution >= 4 is 39.1 Å². The van der Waals surface area contributed by atoms with Crippen LogP contribution in [0, 0.1) is 6.92 Å². The van der Waals surface area contributed by atoms with Gasteiger partial charge in [0.25, 0.3) is 10.0 Å². The molecule has 40 heavy (non-hydrogen) atoms. The predicted octanol–water partition coefficient (Wildman–Crippen LogP) is 5.18. The minimum absolute atomic E-state index is 0.0506. The molecule has 0 saturated carbocycles. The van der Waals surface area contributed by atoms with E-state index in [1.165, 1.54) is 17.0 Å². The highest BCUT2D eigenvalue weighted by molar-refractivity contribution is 7.92. The molecule has 3 aromatic carbocycles. The monoisotopic (exact) mass is 585 g/mol. The first-order valence-electron chi connectivity index (χ1n) is 13.1. The van der Waals surface area contributed by atoms with Crippen molar-refractivity contribution in [3.05, 3.63) is 88.9 Å². The number of benzene rings is 3. The summed E-state index contributed by atoms with van der Waals surface area (Å²) in [6.45, 7) is 9.03. The molecule has 3 rings (SSSR count). The van der Waals surface area contributed by atoms with Crippen molar-refractivity contribution in [3.8, 4) is 5.75 Å². The van der Waals surface area contributed by atoms with Crippen LogP contribution in [0.3, 0.4) is 0 Å². The molecule has 0 saturated heterocycles. The fourth-order valence-corrected chi connectivity index (χ4v) is 5.56. The van der Waals surface area contributed by atoms with Crippen LogP contribution in [0.2, 0.25) is 5.02 Å². The Morgan fingerprint density at radius 1 is 0.925 bits per heavy atom. The maximum atomic E-state index is 13.9. The lowest BCUT2D eigenvalue weighted by Gasteiger charge is -2.32. The van der Waals surface area contributed by atoms with Crippen LogP contribution in [0.4, 0.5) is 5.69 Å². The minimum Gasteiger partial charge on any atom is -0.494 e. The number of sulfonamides is 1. The second-order valence-electron chi connectivity index (χ2n) is 9.74. The van der Waals surface area contributed by atoms with Crippen LogP contribution < -0.4 is 14.4 Å². The number of nitrogens with one attached hydrogen (secondary N) is 1. The number of hydrogen-bond donors (Lipinski definition) is 1. The number of ether oxygens (including phenoxy) is 1. The van der Waals surface area contributed by atoms with Gasteiger partial charge in [0, 0.05) is 17.6 Å². The molecule has 0 heterocycles. The molecule has 0 aliphatic carbocycles. The van der Waals surface area contributed by atoms with Gasteiger partial charge in [-0.1, -0.05) is 41.4 Å². The zero-order valence-corrected chi connectivity index (χ0v) is 25.0. The lowest BCUT2D eigenvalue weighted by atomic mass is 10.1. The summed E-state index contributed by atoms with van der Waals surface area (Å²) in [5.74, 6) is -0.300. The van der Waals surface area contributed by atoms with Gasteiger partial charge in [-0.15, -0.1) is 0 Å². The van der Waals surface area contributed by atoms with Crippen molar-refractivity contribution in [2.45, 2.75) is 58.1 Å². The smallest absolute Gasteiger partial charge is 0.264 e. The Kier molecular flexibility index (Phi) is 10.6. The third-order valence-electron chi connectivity index (χ3n) is 6.19. The fourth-order valence-electron chi connectivity index (χ4n) is 4.02. The van der Waals surface area contributed by atoms with E-state index in [0.717, 1.165) is 15.4 Å². The highest BCUT2D eigenvalue weighted by Crippen LogP contribution is 2.27. The van der Waals surface area contributed by atoms with Gasteiger partial charge in [-0.2, -0.15) is 0 Å². The van der Waals surface area contributed by atoms with Crippen LogP contribution in [-0.4, -0.2) is 50.4 Å². The van der Waals surface area contributed by atoms with Gasteiger partial charge in [0.1, 0.15) is 18.3 Å². The van der Waals surface area contributed by atoms with E-state index in [9.17, 15) is 18.0 Å². The summed E-state index contributed by atoms with van der Waals surface area (Å²) in [5, 5.41) is 3.38. The molecular formula is C30H36ClN3O5S.